The Morgan fingerprint density at radius 3 is 3.00 bits per heavy atom. The van der Waals surface area contributed by atoms with E-state index < -0.39 is 0 Å². The fourth-order valence-electron chi connectivity index (χ4n) is 2.01. The first-order valence-corrected chi connectivity index (χ1v) is 5.50. The first-order valence-electron chi connectivity index (χ1n) is 5.50. The van der Waals surface area contributed by atoms with Crippen LogP contribution < -0.4 is 10.6 Å². The van der Waals surface area contributed by atoms with Crippen LogP contribution in [0.25, 0.3) is 11.0 Å². The maximum Gasteiger partial charge on any atom is 0.157 e. The van der Waals surface area contributed by atoms with Crippen molar-refractivity contribution in [2.75, 3.05) is 18.4 Å². The van der Waals surface area contributed by atoms with Crippen LogP contribution in [0.15, 0.2) is 12.3 Å². The predicted molar refractivity (Wildman–Crippen MR) is 63.5 cm³/mol. The van der Waals surface area contributed by atoms with Crippen molar-refractivity contribution in [3.63, 3.8) is 0 Å². The molecule has 0 aromatic carbocycles. The van der Waals surface area contributed by atoms with Crippen molar-refractivity contribution in [3.8, 4) is 0 Å². The van der Waals surface area contributed by atoms with E-state index in [4.69, 9.17) is 0 Å². The second-order valence-corrected chi connectivity index (χ2v) is 4.30. The summed E-state index contributed by atoms with van der Waals surface area (Å²) in [6, 6.07) is 2.67. The van der Waals surface area contributed by atoms with Gasteiger partial charge in [0.2, 0.25) is 0 Å². The molecule has 0 amide bonds. The third kappa shape index (κ3) is 1.44. The number of hydrogen-bond acceptors (Lipinski definition) is 4. The minimum atomic E-state index is 0.538. The molecule has 0 aliphatic carbocycles. The number of nitrogens with zero attached hydrogens (tertiary/aromatic N) is 3. The molecule has 1 fully saturated rings. The molecule has 5 nitrogen and oxygen atoms in total. The number of pyridine rings is 1. The molecule has 1 aliphatic heterocycles. The molecule has 2 aromatic heterocycles. The van der Waals surface area contributed by atoms with Crippen molar-refractivity contribution < 1.29 is 0 Å². The molecule has 0 atom stereocenters. The van der Waals surface area contributed by atoms with Gasteiger partial charge in [0.05, 0.1) is 23.6 Å². The van der Waals surface area contributed by atoms with E-state index in [9.17, 15) is 0 Å². The monoisotopic (exact) mass is 217 g/mol. The molecular formula is C11H15N5. The smallest absolute Gasteiger partial charge is 0.157 e. The molecule has 16 heavy (non-hydrogen) atoms. The van der Waals surface area contributed by atoms with E-state index in [1.165, 1.54) is 0 Å². The van der Waals surface area contributed by atoms with E-state index in [1.54, 1.807) is 0 Å². The number of fused-ring (bicyclic) bond motifs is 1. The summed E-state index contributed by atoms with van der Waals surface area (Å²) in [5.41, 5.74) is 3.05. The van der Waals surface area contributed by atoms with Crippen LogP contribution in [0.4, 0.5) is 5.69 Å². The number of aryl methyl sites for hydroxylation is 2. The van der Waals surface area contributed by atoms with E-state index in [1.807, 2.05) is 24.9 Å². The lowest BCUT2D eigenvalue weighted by atomic mass is 10.1. The van der Waals surface area contributed by atoms with Gasteiger partial charge in [-0.2, -0.15) is 5.10 Å². The van der Waals surface area contributed by atoms with Crippen LogP contribution >= 0.6 is 0 Å². The average Bonchev–Trinajstić information content (AvgIpc) is 2.49. The molecule has 3 heterocycles. The average molecular weight is 217 g/mol. The lowest BCUT2D eigenvalue weighted by Crippen LogP contribution is -2.51. The zero-order chi connectivity index (χ0) is 11.1. The van der Waals surface area contributed by atoms with Crippen molar-refractivity contribution in [1.82, 2.24) is 20.1 Å². The van der Waals surface area contributed by atoms with Gasteiger partial charge in [-0.15, -0.1) is 0 Å². The van der Waals surface area contributed by atoms with E-state index in [-0.39, 0.29) is 0 Å². The van der Waals surface area contributed by atoms with Crippen LogP contribution in [-0.2, 0) is 7.05 Å². The highest BCUT2D eigenvalue weighted by Gasteiger charge is 2.16. The van der Waals surface area contributed by atoms with Crippen LogP contribution in [0, 0.1) is 6.92 Å². The van der Waals surface area contributed by atoms with E-state index in [0.29, 0.717) is 6.04 Å². The minimum Gasteiger partial charge on any atom is -0.378 e. The third-order valence-electron chi connectivity index (χ3n) is 3.02. The fraction of sp³-hybridized carbons (Fsp3) is 0.455. The summed E-state index contributed by atoms with van der Waals surface area (Å²) < 4.78 is 1.82. The maximum atomic E-state index is 4.43. The van der Waals surface area contributed by atoms with Crippen LogP contribution in [0.1, 0.15) is 5.69 Å². The Kier molecular flexibility index (Phi) is 2.07. The summed E-state index contributed by atoms with van der Waals surface area (Å²) >= 11 is 0. The van der Waals surface area contributed by atoms with Gasteiger partial charge in [0.25, 0.3) is 0 Å². The van der Waals surface area contributed by atoms with Gasteiger partial charge in [0.15, 0.2) is 5.65 Å². The predicted octanol–water partition coefficient (Wildman–Crippen LogP) is 0.660. The largest absolute Gasteiger partial charge is 0.378 e. The van der Waals surface area contributed by atoms with E-state index in [2.05, 4.69) is 26.8 Å². The summed E-state index contributed by atoms with van der Waals surface area (Å²) in [6.07, 6.45) is 1.88. The molecule has 3 rings (SSSR count). The Hall–Kier alpha value is -1.62. The van der Waals surface area contributed by atoms with Gasteiger partial charge in [-0.1, -0.05) is 0 Å². The first-order chi connectivity index (χ1) is 7.74. The van der Waals surface area contributed by atoms with E-state index >= 15 is 0 Å². The SMILES string of the molecule is Cc1nn(C)c2ncc(NC3CNC3)cc12. The molecule has 0 unspecified atom stereocenters. The Balaban J connectivity index is 1.97. The molecular weight excluding hydrogens is 202 g/mol. The summed E-state index contributed by atoms with van der Waals surface area (Å²) in [5, 5.41) is 12.2. The highest BCUT2D eigenvalue weighted by atomic mass is 15.3. The fourth-order valence-corrected chi connectivity index (χ4v) is 2.01. The van der Waals surface area contributed by atoms with Crippen LogP contribution in [0.2, 0.25) is 0 Å². The molecule has 0 radical (unpaired) electrons. The quantitative estimate of drug-likeness (QED) is 0.776. The van der Waals surface area contributed by atoms with Crippen molar-refractivity contribution in [2.24, 2.45) is 7.05 Å². The van der Waals surface area contributed by atoms with Gasteiger partial charge in [0, 0.05) is 25.5 Å². The Labute approximate surface area is 93.9 Å². The second-order valence-electron chi connectivity index (χ2n) is 4.30. The van der Waals surface area contributed by atoms with Gasteiger partial charge in [-0.3, -0.25) is 4.68 Å². The van der Waals surface area contributed by atoms with Crippen molar-refractivity contribution in [1.29, 1.82) is 0 Å². The molecule has 84 valence electrons. The number of hydrogen-bond donors (Lipinski definition) is 2. The van der Waals surface area contributed by atoms with Gasteiger partial charge in [-0.05, 0) is 13.0 Å². The first kappa shape index (κ1) is 9.59. The minimum absolute atomic E-state index is 0.538. The lowest BCUT2D eigenvalue weighted by molar-refractivity contribution is 0.472. The molecule has 5 heteroatoms. The Morgan fingerprint density at radius 2 is 2.31 bits per heavy atom. The zero-order valence-corrected chi connectivity index (χ0v) is 9.49. The summed E-state index contributed by atoms with van der Waals surface area (Å²) in [5.74, 6) is 0. The van der Waals surface area contributed by atoms with E-state index in [0.717, 1.165) is 35.5 Å². The highest BCUT2D eigenvalue weighted by Crippen LogP contribution is 2.19. The Morgan fingerprint density at radius 1 is 1.50 bits per heavy atom. The highest BCUT2D eigenvalue weighted by molar-refractivity contribution is 5.81. The van der Waals surface area contributed by atoms with Gasteiger partial charge in [-0.25, -0.2) is 4.98 Å². The summed E-state index contributed by atoms with van der Waals surface area (Å²) in [4.78, 5) is 4.43. The number of aromatic nitrogens is 3. The summed E-state index contributed by atoms with van der Waals surface area (Å²) in [7, 11) is 1.92. The second kappa shape index (κ2) is 3.45. The topological polar surface area (TPSA) is 54.8 Å². The molecule has 0 spiro atoms. The normalized spacial score (nSPS) is 16.4. The van der Waals surface area contributed by atoms with Gasteiger partial charge < -0.3 is 10.6 Å². The number of rotatable bonds is 2. The van der Waals surface area contributed by atoms with Crippen molar-refractivity contribution >= 4 is 16.7 Å². The number of anilines is 1. The molecule has 1 saturated heterocycles. The van der Waals surface area contributed by atoms with Crippen LogP contribution in [0.5, 0.6) is 0 Å². The lowest BCUT2D eigenvalue weighted by Gasteiger charge is -2.28. The molecule has 2 N–H and O–H groups in total. The van der Waals surface area contributed by atoms with Crippen molar-refractivity contribution in [2.45, 2.75) is 13.0 Å². The van der Waals surface area contributed by atoms with Crippen LogP contribution in [0.3, 0.4) is 0 Å². The maximum absolute atomic E-state index is 4.43. The molecule has 0 bridgehead atoms. The Bertz CT molecular complexity index is 526. The van der Waals surface area contributed by atoms with Crippen LogP contribution in [-0.4, -0.2) is 33.9 Å². The molecule has 2 aromatic rings. The standard InChI is InChI=1S/C11H15N5/c1-7-10-3-8(14-9-4-12-5-9)6-13-11(10)16(2)15-7/h3,6,9,12,14H,4-5H2,1-2H3. The summed E-state index contributed by atoms with van der Waals surface area (Å²) in [6.45, 7) is 4.08. The third-order valence-corrected chi connectivity index (χ3v) is 3.02. The zero-order valence-electron chi connectivity index (χ0n) is 9.49. The van der Waals surface area contributed by atoms with Gasteiger partial charge >= 0.3 is 0 Å². The van der Waals surface area contributed by atoms with Crippen molar-refractivity contribution in [3.05, 3.63) is 18.0 Å². The molecule has 0 saturated carbocycles. The van der Waals surface area contributed by atoms with Gasteiger partial charge in [0.1, 0.15) is 0 Å². The number of nitrogens with one attached hydrogen (secondary N) is 2. The molecule has 1 aliphatic rings.